The zero-order chi connectivity index (χ0) is 14.7. The lowest BCUT2D eigenvalue weighted by atomic mass is 10.0. The van der Waals surface area contributed by atoms with E-state index in [9.17, 15) is 4.79 Å². The molecule has 6 heteroatoms. The van der Waals surface area contributed by atoms with Gasteiger partial charge in [0.05, 0.1) is 17.1 Å². The van der Waals surface area contributed by atoms with Gasteiger partial charge in [-0.15, -0.1) is 11.8 Å². The standard InChI is InChI=1S/C15H23N3O2S/c1-17-10-13(9-16-17)18-6-2-3-14(15(18)19)21-11-12-4-7-20-8-5-12/h9-10,12,14H,2-8,11H2,1H3/t14-/m0/s1. The van der Waals surface area contributed by atoms with Gasteiger partial charge in [-0.2, -0.15) is 5.10 Å². The van der Waals surface area contributed by atoms with Gasteiger partial charge in [-0.1, -0.05) is 0 Å². The summed E-state index contributed by atoms with van der Waals surface area (Å²) in [5, 5.41) is 4.29. The minimum Gasteiger partial charge on any atom is -0.381 e. The molecule has 0 spiro atoms. The van der Waals surface area contributed by atoms with E-state index in [1.54, 1.807) is 10.9 Å². The Hall–Kier alpha value is -1.01. The van der Waals surface area contributed by atoms with Crippen LogP contribution in [0.2, 0.25) is 0 Å². The largest absolute Gasteiger partial charge is 0.381 e. The zero-order valence-electron chi connectivity index (χ0n) is 12.5. The number of anilines is 1. The third-order valence-corrected chi connectivity index (χ3v) is 5.77. The van der Waals surface area contributed by atoms with Gasteiger partial charge < -0.3 is 9.64 Å². The van der Waals surface area contributed by atoms with Crippen LogP contribution in [0.25, 0.3) is 0 Å². The van der Waals surface area contributed by atoms with Gasteiger partial charge in [0, 0.05) is 33.0 Å². The molecular weight excluding hydrogens is 286 g/mol. The Kier molecular flexibility index (Phi) is 4.85. The number of rotatable bonds is 4. The van der Waals surface area contributed by atoms with Crippen molar-refractivity contribution in [3.8, 4) is 0 Å². The highest BCUT2D eigenvalue weighted by Gasteiger charge is 2.31. The molecule has 0 N–H and O–H groups in total. The molecule has 3 rings (SSSR count). The molecule has 2 aliphatic heterocycles. The van der Waals surface area contributed by atoms with Crippen LogP contribution in [-0.4, -0.2) is 46.4 Å². The van der Waals surface area contributed by atoms with E-state index in [0.29, 0.717) is 5.92 Å². The van der Waals surface area contributed by atoms with Crippen LogP contribution in [0.1, 0.15) is 25.7 Å². The van der Waals surface area contributed by atoms with Crippen molar-refractivity contribution in [2.45, 2.75) is 30.9 Å². The molecule has 0 saturated carbocycles. The maximum Gasteiger partial charge on any atom is 0.240 e. The Morgan fingerprint density at radius 3 is 2.90 bits per heavy atom. The predicted molar refractivity (Wildman–Crippen MR) is 84.6 cm³/mol. The van der Waals surface area contributed by atoms with Gasteiger partial charge in [0.15, 0.2) is 0 Å². The van der Waals surface area contributed by atoms with E-state index in [4.69, 9.17) is 4.74 Å². The van der Waals surface area contributed by atoms with Crippen molar-refractivity contribution in [3.05, 3.63) is 12.4 Å². The Bertz CT molecular complexity index is 485. The van der Waals surface area contributed by atoms with E-state index in [-0.39, 0.29) is 11.2 Å². The quantitative estimate of drug-likeness (QED) is 0.854. The number of aryl methyl sites for hydroxylation is 1. The van der Waals surface area contributed by atoms with Crippen molar-refractivity contribution in [1.82, 2.24) is 9.78 Å². The van der Waals surface area contributed by atoms with Crippen LogP contribution in [-0.2, 0) is 16.6 Å². The average Bonchev–Trinajstić information content (AvgIpc) is 2.94. The van der Waals surface area contributed by atoms with E-state index in [1.165, 1.54) is 0 Å². The second kappa shape index (κ2) is 6.83. The Labute approximate surface area is 130 Å². The van der Waals surface area contributed by atoms with Crippen LogP contribution >= 0.6 is 11.8 Å². The second-order valence-corrected chi connectivity index (χ2v) is 7.12. The smallest absolute Gasteiger partial charge is 0.240 e. The highest BCUT2D eigenvalue weighted by Crippen LogP contribution is 2.30. The first kappa shape index (κ1) is 14.9. The summed E-state index contributed by atoms with van der Waals surface area (Å²) in [5.41, 5.74) is 0.930. The van der Waals surface area contributed by atoms with Crippen molar-refractivity contribution < 1.29 is 9.53 Å². The van der Waals surface area contributed by atoms with Gasteiger partial charge in [0.1, 0.15) is 0 Å². The second-order valence-electron chi connectivity index (χ2n) is 5.88. The minimum atomic E-state index is 0.113. The SMILES string of the molecule is Cn1cc(N2CCC[C@H](SCC3CCOCC3)C2=O)cn1. The molecule has 1 amide bonds. The number of aromatic nitrogens is 2. The van der Waals surface area contributed by atoms with Gasteiger partial charge in [-0.3, -0.25) is 9.48 Å². The van der Waals surface area contributed by atoms with Crippen molar-refractivity contribution in [2.24, 2.45) is 13.0 Å². The first-order valence-corrected chi connectivity index (χ1v) is 8.78. The van der Waals surface area contributed by atoms with Crippen LogP contribution in [0.4, 0.5) is 5.69 Å². The van der Waals surface area contributed by atoms with Gasteiger partial charge in [-0.05, 0) is 37.4 Å². The molecule has 2 saturated heterocycles. The van der Waals surface area contributed by atoms with Crippen molar-refractivity contribution in [2.75, 3.05) is 30.4 Å². The topological polar surface area (TPSA) is 47.4 Å². The van der Waals surface area contributed by atoms with Crippen LogP contribution < -0.4 is 4.90 Å². The predicted octanol–water partition coefficient (Wildman–Crippen LogP) is 2.08. The average molecular weight is 309 g/mol. The summed E-state index contributed by atoms with van der Waals surface area (Å²) in [6, 6.07) is 0. The molecule has 5 nitrogen and oxygen atoms in total. The Morgan fingerprint density at radius 2 is 2.19 bits per heavy atom. The van der Waals surface area contributed by atoms with E-state index >= 15 is 0 Å². The van der Waals surface area contributed by atoms with Crippen molar-refractivity contribution in [1.29, 1.82) is 0 Å². The molecule has 0 radical (unpaired) electrons. The van der Waals surface area contributed by atoms with Crippen LogP contribution in [0, 0.1) is 5.92 Å². The number of amides is 1. The lowest BCUT2D eigenvalue weighted by Crippen LogP contribution is -2.43. The number of hydrogen-bond donors (Lipinski definition) is 0. The zero-order valence-corrected chi connectivity index (χ0v) is 13.3. The van der Waals surface area contributed by atoms with Crippen LogP contribution in [0.5, 0.6) is 0 Å². The van der Waals surface area contributed by atoms with E-state index < -0.39 is 0 Å². The Morgan fingerprint density at radius 1 is 1.38 bits per heavy atom. The van der Waals surface area contributed by atoms with Gasteiger partial charge in [0.25, 0.3) is 0 Å². The maximum absolute atomic E-state index is 12.7. The molecule has 1 aromatic heterocycles. The van der Waals surface area contributed by atoms with Crippen molar-refractivity contribution in [3.63, 3.8) is 0 Å². The molecule has 2 aliphatic rings. The Balaban J connectivity index is 1.57. The van der Waals surface area contributed by atoms with Gasteiger partial charge in [-0.25, -0.2) is 0 Å². The highest BCUT2D eigenvalue weighted by molar-refractivity contribution is 8.00. The molecule has 0 aromatic carbocycles. The monoisotopic (exact) mass is 309 g/mol. The third kappa shape index (κ3) is 3.61. The fourth-order valence-corrected chi connectivity index (χ4v) is 4.41. The summed E-state index contributed by atoms with van der Waals surface area (Å²) in [7, 11) is 1.88. The number of carbonyl (C=O) groups is 1. The lowest BCUT2D eigenvalue weighted by molar-refractivity contribution is -0.119. The van der Waals surface area contributed by atoms with Crippen LogP contribution in [0.3, 0.4) is 0 Å². The number of carbonyl (C=O) groups excluding carboxylic acids is 1. The third-order valence-electron chi connectivity index (χ3n) is 4.27. The molecule has 21 heavy (non-hydrogen) atoms. The number of piperidine rings is 1. The van der Waals surface area contributed by atoms with Crippen molar-refractivity contribution >= 4 is 23.4 Å². The number of nitrogens with zero attached hydrogens (tertiary/aromatic N) is 3. The number of thioether (sulfide) groups is 1. The summed E-state index contributed by atoms with van der Waals surface area (Å²) in [6.07, 6.45) is 8.06. The molecule has 2 fully saturated rings. The molecule has 116 valence electrons. The normalized spacial score (nSPS) is 24.5. The molecule has 0 bridgehead atoms. The van der Waals surface area contributed by atoms with E-state index in [2.05, 4.69) is 5.10 Å². The molecule has 1 aromatic rings. The fourth-order valence-electron chi connectivity index (χ4n) is 2.97. The van der Waals surface area contributed by atoms with Gasteiger partial charge >= 0.3 is 0 Å². The molecule has 1 atom stereocenters. The summed E-state index contributed by atoms with van der Waals surface area (Å²) in [4.78, 5) is 14.6. The summed E-state index contributed by atoms with van der Waals surface area (Å²) < 4.78 is 7.15. The summed E-state index contributed by atoms with van der Waals surface area (Å²) in [6.45, 7) is 2.58. The first-order valence-electron chi connectivity index (χ1n) is 7.73. The highest BCUT2D eigenvalue weighted by atomic mass is 32.2. The van der Waals surface area contributed by atoms with Gasteiger partial charge in [0.2, 0.25) is 5.91 Å². The van der Waals surface area contributed by atoms with E-state index in [1.807, 2.05) is 29.9 Å². The number of hydrogen-bond acceptors (Lipinski definition) is 4. The number of ether oxygens (including phenoxy) is 1. The summed E-state index contributed by atoms with van der Waals surface area (Å²) in [5.74, 6) is 2.05. The summed E-state index contributed by atoms with van der Waals surface area (Å²) >= 11 is 1.84. The molecule has 0 unspecified atom stereocenters. The fraction of sp³-hybridized carbons (Fsp3) is 0.733. The van der Waals surface area contributed by atoms with E-state index in [0.717, 1.165) is 56.9 Å². The first-order chi connectivity index (χ1) is 10.2. The van der Waals surface area contributed by atoms with Crippen LogP contribution in [0.15, 0.2) is 12.4 Å². The molecule has 0 aliphatic carbocycles. The minimum absolute atomic E-state index is 0.113. The lowest BCUT2D eigenvalue weighted by Gasteiger charge is -2.32. The molecular formula is C15H23N3O2S. The maximum atomic E-state index is 12.7. The molecule has 3 heterocycles.